The van der Waals surface area contributed by atoms with Crippen molar-refractivity contribution in [3.05, 3.63) is 146 Å². The lowest BCUT2D eigenvalue weighted by Gasteiger charge is -2.10. The van der Waals surface area contributed by atoms with Crippen molar-refractivity contribution in [1.29, 1.82) is 0 Å². The number of rotatable bonds is 4. The minimum Gasteiger partial charge on any atom is -0.236 e. The molecule has 0 spiro atoms. The van der Waals surface area contributed by atoms with Crippen molar-refractivity contribution >= 4 is 74.6 Å². The first-order valence-electron chi connectivity index (χ1n) is 15.8. The normalized spacial score (nSPS) is 11.8. The summed E-state index contributed by atoms with van der Waals surface area (Å²) in [5, 5.41) is 8.40. The first-order valence-corrected chi connectivity index (χ1v) is 17.4. The fourth-order valence-corrected chi connectivity index (χ4v) is 8.91. The van der Waals surface area contributed by atoms with Crippen molar-refractivity contribution in [3.8, 4) is 44.7 Å². The highest BCUT2D eigenvalue weighted by Gasteiger charge is 2.17. The number of aromatic nitrogens is 4. The minimum atomic E-state index is 0.656. The fraction of sp³-hybridized carbons (Fsp3) is 0. The molecule has 7 aromatic carbocycles. The van der Waals surface area contributed by atoms with Gasteiger partial charge in [-0.25, -0.2) is 19.9 Å². The number of nitrogens with zero attached hydrogens (tertiary/aromatic N) is 4. The first-order chi connectivity index (χ1) is 23.7. The van der Waals surface area contributed by atoms with E-state index in [2.05, 4.69) is 78.9 Å². The lowest BCUT2D eigenvalue weighted by Crippen LogP contribution is -2.00. The lowest BCUT2D eigenvalue weighted by atomic mass is 9.98. The summed E-state index contributed by atoms with van der Waals surface area (Å²) < 4.78 is 3.81. The van der Waals surface area contributed by atoms with Gasteiger partial charge in [0.15, 0.2) is 17.5 Å². The molecule has 0 aliphatic carbocycles. The van der Waals surface area contributed by atoms with Crippen molar-refractivity contribution in [2.24, 2.45) is 0 Å². The molecule has 224 valence electrons. The van der Waals surface area contributed by atoms with E-state index in [0.29, 0.717) is 17.5 Å². The van der Waals surface area contributed by atoms with Crippen LogP contribution in [-0.2, 0) is 0 Å². The molecule has 10 rings (SSSR count). The number of hydrogen-bond acceptors (Lipinski definition) is 6. The van der Waals surface area contributed by atoms with Crippen LogP contribution in [0.5, 0.6) is 0 Å². The van der Waals surface area contributed by atoms with Gasteiger partial charge in [-0.3, -0.25) is 0 Å². The molecule has 3 heterocycles. The van der Waals surface area contributed by atoms with Gasteiger partial charge in [-0.1, -0.05) is 115 Å². The van der Waals surface area contributed by atoms with Crippen LogP contribution >= 0.6 is 22.7 Å². The number of thiophene rings is 1. The molecule has 6 heteroatoms. The third-order valence-corrected chi connectivity index (χ3v) is 11.2. The van der Waals surface area contributed by atoms with Crippen LogP contribution in [0.4, 0.5) is 0 Å². The van der Waals surface area contributed by atoms with E-state index in [9.17, 15) is 0 Å². The Morgan fingerprint density at radius 1 is 0.375 bits per heavy atom. The Morgan fingerprint density at radius 2 is 0.958 bits per heavy atom. The molecule has 0 amide bonds. The van der Waals surface area contributed by atoms with E-state index in [1.54, 1.807) is 11.3 Å². The molecule has 0 bridgehead atoms. The van der Waals surface area contributed by atoms with Gasteiger partial charge in [-0.05, 0) is 51.9 Å². The van der Waals surface area contributed by atoms with E-state index < -0.39 is 0 Å². The summed E-state index contributed by atoms with van der Waals surface area (Å²) in [6.45, 7) is 0. The van der Waals surface area contributed by atoms with Gasteiger partial charge >= 0.3 is 0 Å². The van der Waals surface area contributed by atoms with Crippen LogP contribution in [-0.4, -0.2) is 19.9 Å². The highest BCUT2D eigenvalue weighted by molar-refractivity contribution is 7.28. The van der Waals surface area contributed by atoms with Gasteiger partial charge < -0.3 is 0 Å². The predicted molar refractivity (Wildman–Crippen MR) is 203 cm³/mol. The summed E-state index contributed by atoms with van der Waals surface area (Å²) in [6, 6.07) is 50.8. The van der Waals surface area contributed by atoms with Crippen molar-refractivity contribution in [2.75, 3.05) is 0 Å². The molecule has 0 fully saturated rings. The maximum absolute atomic E-state index is 5.04. The van der Waals surface area contributed by atoms with E-state index in [1.165, 1.54) is 46.4 Å². The summed E-state index contributed by atoms with van der Waals surface area (Å²) in [7, 11) is 0. The van der Waals surface area contributed by atoms with Gasteiger partial charge in [-0.15, -0.1) is 22.7 Å². The largest absolute Gasteiger partial charge is 0.236 e. The van der Waals surface area contributed by atoms with E-state index in [0.717, 1.165) is 32.8 Å². The summed E-state index contributed by atoms with van der Waals surface area (Å²) in [4.78, 5) is 19.9. The van der Waals surface area contributed by atoms with Crippen molar-refractivity contribution in [3.63, 3.8) is 0 Å². The Bertz CT molecular complexity index is 2770. The average molecular weight is 649 g/mol. The Labute approximate surface area is 283 Å². The molecule has 0 atom stereocenters. The van der Waals surface area contributed by atoms with Gasteiger partial charge in [0, 0.05) is 42.4 Å². The summed E-state index contributed by atoms with van der Waals surface area (Å²) in [6.07, 6.45) is 0. The maximum Gasteiger partial charge on any atom is 0.164 e. The van der Waals surface area contributed by atoms with Crippen LogP contribution < -0.4 is 0 Å². The van der Waals surface area contributed by atoms with E-state index in [4.69, 9.17) is 19.9 Å². The Hall–Kier alpha value is -5.82. The average Bonchev–Trinajstić information content (AvgIpc) is 3.76. The Balaban J connectivity index is 1.19. The molecular weight excluding hydrogens is 625 g/mol. The van der Waals surface area contributed by atoms with Crippen molar-refractivity contribution in [1.82, 2.24) is 19.9 Å². The van der Waals surface area contributed by atoms with Crippen LogP contribution in [0.25, 0.3) is 96.7 Å². The molecule has 0 unspecified atom stereocenters. The zero-order valence-electron chi connectivity index (χ0n) is 25.5. The summed E-state index contributed by atoms with van der Waals surface area (Å²) in [5.41, 5.74) is 5.07. The highest BCUT2D eigenvalue weighted by Crippen LogP contribution is 2.44. The third kappa shape index (κ3) is 4.49. The number of benzene rings is 7. The van der Waals surface area contributed by atoms with E-state index >= 15 is 0 Å². The van der Waals surface area contributed by atoms with Crippen LogP contribution in [0.1, 0.15) is 0 Å². The third-order valence-electron chi connectivity index (χ3n) is 8.92. The molecule has 0 aliphatic rings. The smallest absolute Gasteiger partial charge is 0.164 e. The first kappa shape index (κ1) is 27.3. The molecule has 10 aromatic rings. The van der Waals surface area contributed by atoms with Crippen LogP contribution in [0.15, 0.2) is 146 Å². The summed E-state index contributed by atoms with van der Waals surface area (Å²) >= 11 is 3.63. The standard InChI is InChI=1S/C42H24N4S2/c1-4-10-26(11-5-1)39-44-40(27-12-6-2-7-13-27)46-41(45-39)30-19-17-25-16-18-29-23-36-33(24-32(29)31(25)22-30)37-35(47-36)21-20-34-38(37)48-42(43-34)28-14-8-3-9-15-28/h1-24H. The zero-order chi connectivity index (χ0) is 31.6. The zero-order valence-corrected chi connectivity index (χ0v) is 27.1. The monoisotopic (exact) mass is 648 g/mol. The van der Waals surface area contributed by atoms with Crippen LogP contribution in [0.2, 0.25) is 0 Å². The van der Waals surface area contributed by atoms with Crippen LogP contribution in [0.3, 0.4) is 0 Å². The number of fused-ring (bicyclic) bond motifs is 8. The van der Waals surface area contributed by atoms with Gasteiger partial charge in [-0.2, -0.15) is 0 Å². The van der Waals surface area contributed by atoms with Gasteiger partial charge in [0.05, 0.1) is 10.2 Å². The second kappa shape index (κ2) is 10.9. The predicted octanol–water partition coefficient (Wildman–Crippen LogP) is 11.8. The number of hydrogen-bond donors (Lipinski definition) is 0. The molecule has 0 saturated heterocycles. The lowest BCUT2D eigenvalue weighted by molar-refractivity contribution is 1.07. The van der Waals surface area contributed by atoms with E-state index in [-0.39, 0.29) is 0 Å². The second-order valence-electron chi connectivity index (χ2n) is 11.9. The Kier molecular flexibility index (Phi) is 6.19. The van der Waals surface area contributed by atoms with Crippen molar-refractivity contribution in [2.45, 2.75) is 0 Å². The molecule has 4 nitrogen and oxygen atoms in total. The fourth-order valence-electron chi connectivity index (χ4n) is 6.57. The van der Waals surface area contributed by atoms with Gasteiger partial charge in [0.1, 0.15) is 5.01 Å². The topological polar surface area (TPSA) is 51.6 Å². The summed E-state index contributed by atoms with van der Waals surface area (Å²) in [5.74, 6) is 1.98. The Morgan fingerprint density at radius 3 is 1.65 bits per heavy atom. The van der Waals surface area contributed by atoms with E-state index in [1.807, 2.05) is 78.1 Å². The molecule has 0 saturated carbocycles. The van der Waals surface area contributed by atoms with Gasteiger partial charge in [0.2, 0.25) is 0 Å². The van der Waals surface area contributed by atoms with Gasteiger partial charge in [0.25, 0.3) is 0 Å². The van der Waals surface area contributed by atoms with Crippen LogP contribution in [0, 0.1) is 0 Å². The molecular formula is C42H24N4S2. The minimum absolute atomic E-state index is 0.656. The molecule has 3 aromatic heterocycles. The SMILES string of the molecule is c1ccc(-c2nc(-c3ccccc3)nc(-c3ccc4ccc5cc6sc7ccc8nc(-c9ccccc9)sc8c7c6cc5c4c3)n2)cc1. The highest BCUT2D eigenvalue weighted by atomic mass is 32.1. The second-order valence-corrected chi connectivity index (χ2v) is 14.0. The molecule has 48 heavy (non-hydrogen) atoms. The van der Waals surface area contributed by atoms with Crippen molar-refractivity contribution < 1.29 is 0 Å². The molecule has 0 aliphatic heterocycles. The number of thiazole rings is 1. The maximum atomic E-state index is 5.04. The molecule has 0 radical (unpaired) electrons. The molecule has 0 N–H and O–H groups in total. The quantitative estimate of drug-likeness (QED) is 0.178.